The molecule has 5 rings (SSSR count). The molecule has 2 aliphatic heterocycles. The highest BCUT2D eigenvalue weighted by atomic mass is 32.2. The highest BCUT2D eigenvalue weighted by Gasteiger charge is 2.36. The maximum Gasteiger partial charge on any atom is 0.283 e. The van der Waals surface area contributed by atoms with Crippen molar-refractivity contribution in [2.45, 2.75) is 6.92 Å². The maximum absolute atomic E-state index is 12.8. The first-order valence-corrected chi connectivity index (χ1v) is 10.7. The summed E-state index contributed by atoms with van der Waals surface area (Å²) in [5.41, 5.74) is 3.16. The number of amides is 1. The molecule has 10 heteroatoms. The SMILES string of the molecule is Cc1cccc(C2=NN3C(=N)/C(=C/c4cccn4-c4cccc([N+](=O)[O-])c4)C(=O)N=C3S2)c1. The quantitative estimate of drug-likeness (QED) is 0.356. The number of nitro groups is 1. The van der Waals surface area contributed by atoms with Crippen LogP contribution in [0.5, 0.6) is 0 Å². The van der Waals surface area contributed by atoms with Gasteiger partial charge >= 0.3 is 0 Å². The fraction of sp³-hybridized carbons (Fsp3) is 0.0435. The van der Waals surface area contributed by atoms with E-state index in [0.717, 1.165) is 11.1 Å². The molecule has 1 N–H and O–H groups in total. The van der Waals surface area contributed by atoms with Crippen LogP contribution in [0.1, 0.15) is 16.8 Å². The number of hydrogen-bond acceptors (Lipinski definition) is 6. The van der Waals surface area contributed by atoms with Crippen LogP contribution < -0.4 is 0 Å². The second-order valence-electron chi connectivity index (χ2n) is 7.37. The van der Waals surface area contributed by atoms with Gasteiger partial charge in [0.15, 0.2) is 5.84 Å². The molecule has 2 aliphatic rings. The first kappa shape index (κ1) is 20.6. The monoisotopic (exact) mass is 456 g/mol. The standard InChI is InChI=1S/C23H16N6O3S/c1-14-5-2-6-15(11-14)22-26-28-20(24)19(21(30)25-23(28)33-22)13-17-9-4-10-27(17)16-7-3-8-18(12-16)29(31)32/h2-13,24H,1H3/b19-13-,24-20?. The number of aromatic nitrogens is 1. The van der Waals surface area contributed by atoms with Gasteiger partial charge in [0.25, 0.3) is 11.6 Å². The number of hydrazone groups is 1. The Morgan fingerprint density at radius 1 is 1.12 bits per heavy atom. The van der Waals surface area contributed by atoms with Gasteiger partial charge in [0.1, 0.15) is 5.04 Å². The molecule has 0 atom stereocenters. The first-order valence-electron chi connectivity index (χ1n) is 9.90. The number of fused-ring (bicyclic) bond motifs is 1. The molecule has 9 nitrogen and oxygen atoms in total. The summed E-state index contributed by atoms with van der Waals surface area (Å²) >= 11 is 1.25. The zero-order valence-corrected chi connectivity index (χ0v) is 18.1. The molecule has 0 bridgehead atoms. The first-order chi connectivity index (χ1) is 15.9. The number of nitro benzene ring substituents is 1. The lowest BCUT2D eigenvalue weighted by Gasteiger charge is -2.20. The summed E-state index contributed by atoms with van der Waals surface area (Å²) < 4.78 is 1.71. The number of non-ortho nitro benzene ring substituents is 1. The van der Waals surface area contributed by atoms with E-state index in [1.807, 2.05) is 31.2 Å². The largest absolute Gasteiger partial charge is 0.317 e. The lowest BCUT2D eigenvalue weighted by molar-refractivity contribution is -0.384. The van der Waals surface area contributed by atoms with Crippen molar-refractivity contribution in [2.75, 3.05) is 0 Å². The van der Waals surface area contributed by atoms with Crippen LogP contribution in [0, 0.1) is 22.4 Å². The molecule has 162 valence electrons. The van der Waals surface area contributed by atoms with E-state index in [1.165, 1.54) is 28.9 Å². The van der Waals surface area contributed by atoms with Crippen molar-refractivity contribution in [1.29, 1.82) is 5.41 Å². The Balaban J connectivity index is 1.50. The number of amidine groups is 2. The average molecular weight is 456 g/mol. The zero-order chi connectivity index (χ0) is 23.1. The van der Waals surface area contributed by atoms with Gasteiger partial charge in [0, 0.05) is 29.6 Å². The fourth-order valence-corrected chi connectivity index (χ4v) is 4.43. The van der Waals surface area contributed by atoms with Gasteiger partial charge < -0.3 is 4.57 Å². The predicted molar refractivity (Wildman–Crippen MR) is 128 cm³/mol. The normalized spacial score (nSPS) is 16.6. The van der Waals surface area contributed by atoms with E-state index in [9.17, 15) is 14.9 Å². The molecule has 3 heterocycles. The summed E-state index contributed by atoms with van der Waals surface area (Å²) in [6, 6.07) is 17.5. The van der Waals surface area contributed by atoms with Crippen molar-refractivity contribution < 1.29 is 9.72 Å². The molecular weight excluding hydrogens is 440 g/mol. The van der Waals surface area contributed by atoms with Gasteiger partial charge in [-0.15, -0.1) is 0 Å². The fourth-order valence-electron chi connectivity index (χ4n) is 3.54. The second kappa shape index (κ2) is 7.99. The van der Waals surface area contributed by atoms with Crippen LogP contribution in [-0.2, 0) is 4.79 Å². The summed E-state index contributed by atoms with van der Waals surface area (Å²) in [5.74, 6) is -0.613. The number of nitrogens with one attached hydrogen (secondary N) is 1. The third kappa shape index (κ3) is 3.76. The van der Waals surface area contributed by atoms with Gasteiger partial charge in [0.2, 0.25) is 5.17 Å². The van der Waals surface area contributed by atoms with Crippen molar-refractivity contribution in [1.82, 2.24) is 9.58 Å². The minimum Gasteiger partial charge on any atom is -0.317 e. The number of hydrogen-bond donors (Lipinski definition) is 1. The maximum atomic E-state index is 12.8. The number of rotatable bonds is 4. The van der Waals surface area contributed by atoms with Gasteiger partial charge in [-0.2, -0.15) is 15.1 Å². The Kier molecular flexibility index (Phi) is 4.98. The van der Waals surface area contributed by atoms with E-state index in [0.29, 0.717) is 21.6 Å². The average Bonchev–Trinajstić information content (AvgIpc) is 3.44. The molecule has 0 fully saturated rings. The topological polar surface area (TPSA) is 117 Å². The molecular formula is C23H16N6O3S. The van der Waals surface area contributed by atoms with Crippen LogP contribution in [0.2, 0.25) is 0 Å². The van der Waals surface area contributed by atoms with Crippen LogP contribution in [0.3, 0.4) is 0 Å². The Morgan fingerprint density at radius 3 is 2.73 bits per heavy atom. The third-order valence-corrected chi connectivity index (χ3v) is 6.07. The highest BCUT2D eigenvalue weighted by molar-refractivity contribution is 8.27. The Morgan fingerprint density at radius 2 is 1.94 bits per heavy atom. The Hall–Kier alpha value is -4.31. The summed E-state index contributed by atoms with van der Waals surface area (Å²) in [6.07, 6.45) is 3.28. The summed E-state index contributed by atoms with van der Waals surface area (Å²) in [7, 11) is 0. The number of benzene rings is 2. The van der Waals surface area contributed by atoms with Crippen molar-refractivity contribution in [3.63, 3.8) is 0 Å². The molecule has 0 aliphatic carbocycles. The predicted octanol–water partition coefficient (Wildman–Crippen LogP) is 4.36. The van der Waals surface area contributed by atoms with Crippen LogP contribution >= 0.6 is 11.8 Å². The third-order valence-electron chi connectivity index (χ3n) is 5.11. The second-order valence-corrected chi connectivity index (χ2v) is 8.33. The minimum absolute atomic E-state index is 0.0392. The molecule has 0 saturated carbocycles. The number of carbonyl (C=O) groups is 1. The smallest absolute Gasteiger partial charge is 0.283 e. The lowest BCUT2D eigenvalue weighted by Crippen LogP contribution is -2.35. The number of aryl methyl sites for hydroxylation is 1. The van der Waals surface area contributed by atoms with Crippen molar-refractivity contribution in [3.05, 3.63) is 99.4 Å². The van der Waals surface area contributed by atoms with E-state index in [4.69, 9.17) is 5.41 Å². The Labute approximate surface area is 192 Å². The molecule has 1 aromatic heterocycles. The molecule has 33 heavy (non-hydrogen) atoms. The molecule has 1 amide bonds. The number of carbonyl (C=O) groups excluding carboxylic acids is 1. The summed E-state index contributed by atoms with van der Waals surface area (Å²) in [6.45, 7) is 1.98. The van der Waals surface area contributed by atoms with E-state index in [-0.39, 0.29) is 17.1 Å². The van der Waals surface area contributed by atoms with Crippen molar-refractivity contribution >= 4 is 45.5 Å². The van der Waals surface area contributed by atoms with Crippen LogP contribution in [0.15, 0.2) is 82.5 Å². The van der Waals surface area contributed by atoms with Gasteiger partial charge in [-0.1, -0.05) is 29.8 Å². The summed E-state index contributed by atoms with van der Waals surface area (Å²) in [4.78, 5) is 27.6. The van der Waals surface area contributed by atoms with Gasteiger partial charge in [-0.25, -0.2) is 0 Å². The summed E-state index contributed by atoms with van der Waals surface area (Å²) in [5, 5.41) is 26.6. The molecule has 0 saturated heterocycles. The zero-order valence-electron chi connectivity index (χ0n) is 17.3. The molecule has 3 aromatic rings. The highest BCUT2D eigenvalue weighted by Crippen LogP contribution is 2.31. The van der Waals surface area contributed by atoms with Gasteiger partial charge in [0.05, 0.1) is 16.2 Å². The van der Waals surface area contributed by atoms with Crippen LogP contribution in [0.4, 0.5) is 5.69 Å². The van der Waals surface area contributed by atoms with Gasteiger partial charge in [-0.3, -0.25) is 20.3 Å². The number of aliphatic imine (C=N–C) groups is 1. The molecule has 0 unspecified atom stereocenters. The lowest BCUT2D eigenvalue weighted by atomic mass is 10.1. The van der Waals surface area contributed by atoms with Crippen LogP contribution in [-0.4, -0.2) is 36.5 Å². The molecule has 0 radical (unpaired) electrons. The number of nitrogens with zero attached hydrogens (tertiary/aromatic N) is 5. The van der Waals surface area contributed by atoms with Crippen LogP contribution in [0.25, 0.3) is 11.8 Å². The Bertz CT molecular complexity index is 1440. The van der Waals surface area contributed by atoms with Crippen molar-refractivity contribution in [3.8, 4) is 5.69 Å². The van der Waals surface area contributed by atoms with E-state index >= 15 is 0 Å². The van der Waals surface area contributed by atoms with Crippen molar-refractivity contribution in [2.24, 2.45) is 10.1 Å². The van der Waals surface area contributed by atoms with E-state index in [2.05, 4.69) is 10.1 Å². The molecule has 2 aromatic carbocycles. The minimum atomic E-state index is -0.536. The molecule has 0 spiro atoms. The number of thioether (sulfide) groups is 1. The van der Waals surface area contributed by atoms with Gasteiger partial charge in [-0.05, 0) is 49.0 Å². The van der Waals surface area contributed by atoms with E-state index in [1.54, 1.807) is 41.1 Å². The van der Waals surface area contributed by atoms with E-state index < -0.39 is 10.8 Å².